The van der Waals surface area contributed by atoms with E-state index in [1.165, 1.54) is 6.07 Å². The number of fused-ring (bicyclic) bond motifs is 4. The van der Waals surface area contributed by atoms with Crippen LogP contribution in [0.4, 0.5) is 36.8 Å². The predicted molar refractivity (Wildman–Crippen MR) is 91.1 cm³/mol. The Labute approximate surface area is 165 Å². The Balaban J connectivity index is 1.64. The first-order valence-corrected chi connectivity index (χ1v) is 8.91. The monoisotopic (exact) mass is 435 g/mol. The van der Waals surface area contributed by atoms with Crippen LogP contribution in [0.25, 0.3) is 0 Å². The van der Waals surface area contributed by atoms with E-state index in [4.69, 9.17) is 11.6 Å². The number of carbonyl (C=O) groups is 1. The largest absolute Gasteiger partial charge is 0.417 e. The number of benzene rings is 1. The molecule has 2 amide bonds. The van der Waals surface area contributed by atoms with Gasteiger partial charge in [-0.2, -0.15) is 17.6 Å². The molecule has 2 aliphatic heterocycles. The van der Waals surface area contributed by atoms with Crippen LogP contribution >= 0.6 is 11.6 Å². The predicted octanol–water partition coefficient (Wildman–Crippen LogP) is 5.79. The van der Waals surface area contributed by atoms with E-state index in [0.717, 1.165) is 11.1 Å². The van der Waals surface area contributed by atoms with Crippen LogP contribution in [0.3, 0.4) is 0 Å². The highest BCUT2D eigenvalue weighted by molar-refractivity contribution is 6.31. The van der Waals surface area contributed by atoms with Gasteiger partial charge in [-0.05, 0) is 36.6 Å². The Bertz CT molecular complexity index is 998. The number of rotatable bonds is 1. The summed E-state index contributed by atoms with van der Waals surface area (Å²) < 4.78 is 81.5. The van der Waals surface area contributed by atoms with Crippen LogP contribution in [0.15, 0.2) is 24.4 Å². The van der Waals surface area contributed by atoms with Crippen LogP contribution in [0.1, 0.15) is 41.7 Å². The van der Waals surface area contributed by atoms with Crippen molar-refractivity contribution in [1.82, 2.24) is 9.88 Å². The van der Waals surface area contributed by atoms with Gasteiger partial charge in [0.25, 0.3) is 0 Å². The van der Waals surface area contributed by atoms with Gasteiger partial charge < -0.3 is 10.2 Å². The number of hydrogen-bond acceptors (Lipinski definition) is 2. The first-order valence-electron chi connectivity index (χ1n) is 8.53. The zero-order valence-corrected chi connectivity index (χ0v) is 15.2. The molecule has 0 aliphatic carbocycles. The first-order chi connectivity index (χ1) is 13.6. The summed E-state index contributed by atoms with van der Waals surface area (Å²) in [4.78, 5) is 17.3. The minimum absolute atomic E-state index is 0.178. The van der Waals surface area contributed by atoms with Crippen LogP contribution in [-0.2, 0) is 6.18 Å². The Morgan fingerprint density at radius 2 is 1.97 bits per heavy atom. The van der Waals surface area contributed by atoms with Gasteiger partial charge in [0.2, 0.25) is 5.95 Å². The van der Waals surface area contributed by atoms with E-state index >= 15 is 0 Å². The number of amides is 2. The fourth-order valence-corrected chi connectivity index (χ4v) is 4.25. The summed E-state index contributed by atoms with van der Waals surface area (Å²) in [5.41, 5.74) is -1.89. The van der Waals surface area contributed by atoms with Crippen molar-refractivity contribution >= 4 is 23.3 Å². The average molecular weight is 436 g/mol. The lowest BCUT2D eigenvalue weighted by Gasteiger charge is -2.38. The minimum atomic E-state index is -4.87. The lowest BCUT2D eigenvalue weighted by atomic mass is 9.93. The Hall–Kier alpha value is -2.49. The van der Waals surface area contributed by atoms with Crippen molar-refractivity contribution in [3.63, 3.8) is 0 Å². The molecule has 2 bridgehead atoms. The maximum atomic E-state index is 14.9. The second kappa shape index (κ2) is 6.79. The standard InChI is InChI=1S/C18H12ClF6N3O/c19-9-6-11(10(20)5-8(9)18(23,24)25)27-17(29)28-12-1-2-13(28)15(21)14-7(12)3-4-26-16(14)22/h3-6,12-13,15H,1-2H2,(H,27,29)/t12?,13?,15-/m0/s1. The van der Waals surface area contributed by atoms with E-state index in [0.29, 0.717) is 12.5 Å². The second-order valence-corrected chi connectivity index (χ2v) is 7.22. The van der Waals surface area contributed by atoms with Gasteiger partial charge in [0.15, 0.2) is 6.17 Å². The number of alkyl halides is 4. The lowest BCUT2D eigenvalue weighted by molar-refractivity contribution is -0.137. The molecule has 0 saturated carbocycles. The number of aromatic nitrogens is 1. The van der Waals surface area contributed by atoms with E-state index in [2.05, 4.69) is 10.3 Å². The number of hydrogen-bond donors (Lipinski definition) is 1. The quantitative estimate of drug-likeness (QED) is 0.455. The fourth-order valence-electron chi connectivity index (χ4n) is 3.98. The molecule has 1 saturated heterocycles. The van der Waals surface area contributed by atoms with Crippen LogP contribution in [0.2, 0.25) is 5.02 Å². The van der Waals surface area contributed by atoms with Gasteiger partial charge in [0.05, 0.1) is 28.4 Å². The lowest BCUT2D eigenvalue weighted by Crippen LogP contribution is -2.45. The SMILES string of the molecule is O=C(Nc1cc(Cl)c(C(F)(F)F)cc1F)N1C2CCC1[C@H](F)c1c2ccnc1F. The number of pyridine rings is 1. The van der Waals surface area contributed by atoms with E-state index in [9.17, 15) is 31.1 Å². The van der Waals surface area contributed by atoms with Crippen molar-refractivity contribution in [2.24, 2.45) is 0 Å². The topological polar surface area (TPSA) is 45.2 Å². The normalized spacial score (nSPS) is 23.1. The molecule has 1 fully saturated rings. The first kappa shape index (κ1) is 19.8. The summed E-state index contributed by atoms with van der Waals surface area (Å²) >= 11 is 5.57. The van der Waals surface area contributed by atoms with Crippen LogP contribution in [0.5, 0.6) is 0 Å². The van der Waals surface area contributed by atoms with Gasteiger partial charge in [-0.3, -0.25) is 0 Å². The number of halogens is 7. The fraction of sp³-hybridized carbons (Fsp3) is 0.333. The Morgan fingerprint density at radius 1 is 1.24 bits per heavy atom. The van der Waals surface area contributed by atoms with Gasteiger partial charge in [-0.1, -0.05) is 11.6 Å². The number of nitrogens with one attached hydrogen (secondary N) is 1. The highest BCUT2D eigenvalue weighted by Gasteiger charge is 2.49. The molecule has 0 spiro atoms. The molecule has 4 nitrogen and oxygen atoms in total. The molecule has 2 aromatic rings. The third-order valence-electron chi connectivity index (χ3n) is 5.22. The maximum absolute atomic E-state index is 14.9. The van der Waals surface area contributed by atoms with Crippen molar-refractivity contribution in [3.8, 4) is 0 Å². The molecule has 154 valence electrons. The third-order valence-corrected chi connectivity index (χ3v) is 5.53. The highest BCUT2D eigenvalue weighted by atomic mass is 35.5. The molecule has 11 heteroatoms. The molecular formula is C18H12ClF6N3O. The number of urea groups is 1. The minimum Gasteiger partial charge on any atom is -0.311 e. The van der Waals surface area contributed by atoms with Crippen LogP contribution in [-0.4, -0.2) is 22.0 Å². The van der Waals surface area contributed by atoms with E-state index in [-0.39, 0.29) is 23.6 Å². The summed E-state index contributed by atoms with van der Waals surface area (Å²) in [6, 6.07) is -0.345. The van der Waals surface area contributed by atoms with Gasteiger partial charge >= 0.3 is 12.2 Å². The van der Waals surface area contributed by atoms with Gasteiger partial charge in [-0.25, -0.2) is 18.6 Å². The molecule has 2 aliphatic rings. The van der Waals surface area contributed by atoms with Crippen molar-refractivity contribution in [2.75, 3.05) is 5.32 Å². The van der Waals surface area contributed by atoms with Gasteiger partial charge in [0.1, 0.15) is 5.82 Å². The average Bonchev–Trinajstić information content (AvgIpc) is 3.01. The molecule has 3 heterocycles. The van der Waals surface area contributed by atoms with Crippen molar-refractivity contribution in [2.45, 2.75) is 37.3 Å². The Kier molecular flexibility index (Phi) is 4.64. The summed E-state index contributed by atoms with van der Waals surface area (Å²) in [5, 5.41) is 1.36. The molecule has 29 heavy (non-hydrogen) atoms. The summed E-state index contributed by atoms with van der Waals surface area (Å²) in [6.45, 7) is 0. The Morgan fingerprint density at radius 3 is 2.66 bits per heavy atom. The molecular weight excluding hydrogens is 424 g/mol. The number of nitrogens with zero attached hydrogens (tertiary/aromatic N) is 2. The third kappa shape index (κ3) is 3.19. The van der Waals surface area contributed by atoms with Crippen LogP contribution in [0, 0.1) is 11.8 Å². The smallest absolute Gasteiger partial charge is 0.311 e. The van der Waals surface area contributed by atoms with Crippen molar-refractivity contribution in [3.05, 3.63) is 57.9 Å². The maximum Gasteiger partial charge on any atom is 0.417 e. The van der Waals surface area contributed by atoms with Crippen molar-refractivity contribution < 1.29 is 31.1 Å². The van der Waals surface area contributed by atoms with Crippen molar-refractivity contribution in [1.29, 1.82) is 0 Å². The molecule has 2 unspecified atom stereocenters. The summed E-state index contributed by atoms with van der Waals surface area (Å²) in [7, 11) is 0. The van der Waals surface area contributed by atoms with E-state index in [1.807, 2.05) is 0 Å². The van der Waals surface area contributed by atoms with Crippen LogP contribution < -0.4 is 5.32 Å². The molecule has 4 rings (SSSR count). The second-order valence-electron chi connectivity index (χ2n) is 6.81. The number of carbonyl (C=O) groups excluding carboxylic acids is 1. The highest BCUT2D eigenvalue weighted by Crippen LogP contribution is 2.50. The zero-order chi connectivity index (χ0) is 21.1. The summed E-state index contributed by atoms with van der Waals surface area (Å²) in [5.74, 6) is -2.29. The molecule has 0 radical (unpaired) electrons. The molecule has 1 aromatic heterocycles. The van der Waals surface area contributed by atoms with Gasteiger partial charge in [-0.15, -0.1) is 0 Å². The summed E-state index contributed by atoms with van der Waals surface area (Å²) in [6.07, 6.45) is -4.95. The molecule has 1 N–H and O–H groups in total. The van der Waals surface area contributed by atoms with E-state index < -0.39 is 58.5 Å². The molecule has 3 atom stereocenters. The number of anilines is 1. The van der Waals surface area contributed by atoms with Gasteiger partial charge in [0, 0.05) is 11.8 Å². The van der Waals surface area contributed by atoms with E-state index in [1.54, 1.807) is 0 Å². The zero-order valence-electron chi connectivity index (χ0n) is 14.4. The molecule has 1 aromatic carbocycles.